The van der Waals surface area contributed by atoms with Gasteiger partial charge in [0.25, 0.3) is 5.69 Å². The highest BCUT2D eigenvalue weighted by Gasteiger charge is 2.27. The van der Waals surface area contributed by atoms with E-state index in [2.05, 4.69) is 0 Å². The molecular formula is C12H14FN3O3. The molecule has 2 rings (SSSR count). The van der Waals surface area contributed by atoms with Crippen molar-refractivity contribution in [3.05, 3.63) is 34.1 Å². The molecule has 1 aromatic carbocycles. The molecule has 1 aliphatic rings. The fourth-order valence-electron chi connectivity index (χ4n) is 2.31. The summed E-state index contributed by atoms with van der Waals surface area (Å²) < 4.78 is 13.2. The Kier molecular flexibility index (Phi) is 3.64. The molecule has 1 amide bonds. The van der Waals surface area contributed by atoms with Crippen molar-refractivity contribution in [1.29, 1.82) is 0 Å². The molecule has 0 atom stereocenters. The predicted molar refractivity (Wildman–Crippen MR) is 67.2 cm³/mol. The molecular weight excluding hydrogens is 253 g/mol. The van der Waals surface area contributed by atoms with Crippen molar-refractivity contribution in [2.75, 3.05) is 18.0 Å². The van der Waals surface area contributed by atoms with Gasteiger partial charge in [-0.25, -0.2) is 4.39 Å². The van der Waals surface area contributed by atoms with Gasteiger partial charge in [0.2, 0.25) is 5.91 Å². The molecule has 7 heteroatoms. The molecule has 2 N–H and O–H groups in total. The summed E-state index contributed by atoms with van der Waals surface area (Å²) in [7, 11) is 0. The molecule has 1 aliphatic heterocycles. The Bertz CT molecular complexity index is 513. The van der Waals surface area contributed by atoms with Crippen LogP contribution in [0.3, 0.4) is 0 Å². The highest BCUT2D eigenvalue weighted by molar-refractivity contribution is 5.77. The van der Waals surface area contributed by atoms with Crippen LogP contribution in [0.4, 0.5) is 15.8 Å². The lowest BCUT2D eigenvalue weighted by Gasteiger charge is -2.31. The fourth-order valence-corrected chi connectivity index (χ4v) is 2.31. The standard InChI is InChI=1S/C12H14FN3O3/c13-9-1-2-10(16(18)19)11(7-9)15-5-3-8(4-6-15)12(14)17/h1-2,7-8H,3-6H2,(H2,14,17). The van der Waals surface area contributed by atoms with E-state index in [0.717, 1.165) is 18.2 Å². The van der Waals surface area contributed by atoms with Crippen molar-refractivity contribution >= 4 is 17.3 Å². The van der Waals surface area contributed by atoms with Crippen LogP contribution in [0.5, 0.6) is 0 Å². The third-order valence-corrected chi connectivity index (χ3v) is 3.37. The van der Waals surface area contributed by atoms with E-state index in [0.29, 0.717) is 25.9 Å². The van der Waals surface area contributed by atoms with Crippen LogP contribution in [0.15, 0.2) is 18.2 Å². The molecule has 0 unspecified atom stereocenters. The maximum atomic E-state index is 13.2. The lowest BCUT2D eigenvalue weighted by atomic mass is 9.96. The van der Waals surface area contributed by atoms with Gasteiger partial charge < -0.3 is 10.6 Å². The Morgan fingerprint density at radius 3 is 2.58 bits per heavy atom. The maximum Gasteiger partial charge on any atom is 0.292 e. The summed E-state index contributed by atoms with van der Waals surface area (Å²) in [6.07, 6.45) is 1.06. The molecule has 1 aromatic rings. The zero-order valence-corrected chi connectivity index (χ0v) is 10.2. The van der Waals surface area contributed by atoms with Crippen molar-refractivity contribution in [3.63, 3.8) is 0 Å². The largest absolute Gasteiger partial charge is 0.369 e. The summed E-state index contributed by atoms with van der Waals surface area (Å²) in [6.45, 7) is 0.913. The molecule has 0 saturated carbocycles. The molecule has 6 nitrogen and oxygen atoms in total. The van der Waals surface area contributed by atoms with Crippen molar-refractivity contribution in [1.82, 2.24) is 0 Å². The lowest BCUT2D eigenvalue weighted by molar-refractivity contribution is -0.384. The Hall–Kier alpha value is -2.18. The number of nitrogens with zero attached hydrogens (tertiary/aromatic N) is 2. The van der Waals surface area contributed by atoms with Gasteiger partial charge in [-0.1, -0.05) is 0 Å². The Labute approximate surface area is 109 Å². The van der Waals surface area contributed by atoms with Crippen LogP contribution in [-0.2, 0) is 4.79 Å². The number of anilines is 1. The van der Waals surface area contributed by atoms with Crippen LogP contribution in [0.25, 0.3) is 0 Å². The highest BCUT2D eigenvalue weighted by atomic mass is 19.1. The number of carbonyl (C=O) groups is 1. The predicted octanol–water partition coefficient (Wildman–Crippen LogP) is 1.44. The summed E-state index contributed by atoms with van der Waals surface area (Å²) in [6, 6.07) is 3.38. The third kappa shape index (κ3) is 2.81. The van der Waals surface area contributed by atoms with Crippen molar-refractivity contribution in [2.45, 2.75) is 12.8 Å². The first-order chi connectivity index (χ1) is 8.99. The monoisotopic (exact) mass is 267 g/mol. The number of hydrogen-bond acceptors (Lipinski definition) is 4. The van der Waals surface area contributed by atoms with Crippen LogP contribution in [0, 0.1) is 21.8 Å². The Morgan fingerprint density at radius 2 is 2.05 bits per heavy atom. The second-order valence-electron chi connectivity index (χ2n) is 4.55. The van der Waals surface area contributed by atoms with Crippen LogP contribution in [0.1, 0.15) is 12.8 Å². The first-order valence-corrected chi connectivity index (χ1v) is 5.97. The van der Waals surface area contributed by atoms with Gasteiger partial charge in [-0.3, -0.25) is 14.9 Å². The summed E-state index contributed by atoms with van der Waals surface area (Å²) in [5, 5.41) is 10.9. The minimum absolute atomic E-state index is 0.126. The minimum Gasteiger partial charge on any atom is -0.369 e. The van der Waals surface area contributed by atoms with E-state index in [1.165, 1.54) is 0 Å². The number of carbonyl (C=O) groups excluding carboxylic acids is 1. The first-order valence-electron chi connectivity index (χ1n) is 5.97. The van der Waals surface area contributed by atoms with Gasteiger partial charge in [-0.05, 0) is 18.9 Å². The second kappa shape index (κ2) is 5.21. The summed E-state index contributed by atoms with van der Waals surface area (Å²) in [4.78, 5) is 23.2. The van der Waals surface area contributed by atoms with Gasteiger partial charge in [-0.15, -0.1) is 0 Å². The lowest BCUT2D eigenvalue weighted by Crippen LogP contribution is -2.38. The Morgan fingerprint density at radius 1 is 1.42 bits per heavy atom. The van der Waals surface area contributed by atoms with E-state index >= 15 is 0 Å². The second-order valence-corrected chi connectivity index (χ2v) is 4.55. The molecule has 0 bridgehead atoms. The van der Waals surface area contributed by atoms with Crippen LogP contribution < -0.4 is 10.6 Å². The smallest absolute Gasteiger partial charge is 0.292 e. The fraction of sp³-hybridized carbons (Fsp3) is 0.417. The van der Waals surface area contributed by atoms with Crippen molar-refractivity contribution in [3.8, 4) is 0 Å². The first kappa shape index (κ1) is 13.3. The molecule has 1 fully saturated rings. The van der Waals surface area contributed by atoms with E-state index < -0.39 is 10.7 Å². The molecule has 19 heavy (non-hydrogen) atoms. The minimum atomic E-state index is -0.533. The number of hydrogen-bond donors (Lipinski definition) is 1. The number of amides is 1. The van der Waals surface area contributed by atoms with Gasteiger partial charge in [-0.2, -0.15) is 0 Å². The number of piperidine rings is 1. The van der Waals surface area contributed by atoms with Gasteiger partial charge in [0.05, 0.1) is 4.92 Å². The Balaban J connectivity index is 2.21. The molecule has 0 spiro atoms. The average molecular weight is 267 g/mol. The number of primary amides is 1. The van der Waals surface area contributed by atoms with Gasteiger partial charge in [0.1, 0.15) is 11.5 Å². The molecule has 1 saturated heterocycles. The van der Waals surface area contributed by atoms with Gasteiger partial charge in [0.15, 0.2) is 0 Å². The molecule has 0 aliphatic carbocycles. The van der Waals surface area contributed by atoms with Crippen LogP contribution >= 0.6 is 0 Å². The summed E-state index contributed by atoms with van der Waals surface area (Å²) in [5.74, 6) is -1.07. The SMILES string of the molecule is NC(=O)C1CCN(c2cc(F)ccc2[N+](=O)[O-])CC1. The number of benzene rings is 1. The summed E-state index contributed by atoms with van der Waals surface area (Å²) >= 11 is 0. The number of nitro benzene ring substituents is 1. The normalized spacial score (nSPS) is 16.4. The molecule has 1 heterocycles. The number of nitro groups is 1. The van der Waals surface area contributed by atoms with E-state index in [-0.39, 0.29) is 23.2 Å². The van der Waals surface area contributed by atoms with E-state index in [1.54, 1.807) is 4.90 Å². The van der Waals surface area contributed by atoms with Crippen molar-refractivity contribution < 1.29 is 14.1 Å². The topological polar surface area (TPSA) is 89.5 Å². The number of nitrogens with two attached hydrogens (primary N) is 1. The molecule has 102 valence electrons. The van der Waals surface area contributed by atoms with Gasteiger partial charge in [0, 0.05) is 31.1 Å². The zero-order chi connectivity index (χ0) is 14.0. The molecule has 0 aromatic heterocycles. The summed E-state index contributed by atoms with van der Waals surface area (Å²) in [5.41, 5.74) is 5.36. The van der Waals surface area contributed by atoms with Crippen molar-refractivity contribution in [2.24, 2.45) is 11.7 Å². The highest BCUT2D eigenvalue weighted by Crippen LogP contribution is 2.31. The van der Waals surface area contributed by atoms with Gasteiger partial charge >= 0.3 is 0 Å². The average Bonchev–Trinajstić information content (AvgIpc) is 2.38. The van der Waals surface area contributed by atoms with Crippen LogP contribution in [-0.4, -0.2) is 23.9 Å². The number of halogens is 1. The maximum absolute atomic E-state index is 13.2. The van der Waals surface area contributed by atoms with E-state index in [1.807, 2.05) is 0 Å². The zero-order valence-electron chi connectivity index (χ0n) is 10.2. The van der Waals surface area contributed by atoms with Crippen LogP contribution in [0.2, 0.25) is 0 Å². The number of rotatable bonds is 3. The molecule has 0 radical (unpaired) electrons. The quantitative estimate of drug-likeness (QED) is 0.662. The van der Waals surface area contributed by atoms with E-state index in [9.17, 15) is 19.3 Å². The van der Waals surface area contributed by atoms with E-state index in [4.69, 9.17) is 5.73 Å². The third-order valence-electron chi connectivity index (χ3n) is 3.37.